The molecule has 100 valence electrons. The van der Waals surface area contributed by atoms with Crippen LogP contribution in [0.4, 0.5) is 0 Å². The van der Waals surface area contributed by atoms with E-state index < -0.39 is 0 Å². The zero-order valence-corrected chi connectivity index (χ0v) is 10.8. The summed E-state index contributed by atoms with van der Waals surface area (Å²) < 4.78 is 10.7. The molecule has 19 heavy (non-hydrogen) atoms. The lowest BCUT2D eigenvalue weighted by molar-refractivity contribution is 0.0659. The van der Waals surface area contributed by atoms with Crippen molar-refractivity contribution in [2.45, 2.75) is 19.4 Å². The van der Waals surface area contributed by atoms with Crippen molar-refractivity contribution in [2.24, 2.45) is 0 Å². The number of pyridine rings is 1. The number of nitrogens with one attached hydrogen (secondary N) is 1. The second-order valence-corrected chi connectivity index (χ2v) is 4.42. The minimum atomic E-state index is -0.0121. The van der Waals surface area contributed by atoms with Crippen molar-refractivity contribution in [3.8, 4) is 11.4 Å². The lowest BCUT2D eigenvalue weighted by Gasteiger charge is -2.20. The molecule has 0 amide bonds. The van der Waals surface area contributed by atoms with E-state index in [9.17, 15) is 0 Å². The maximum atomic E-state index is 5.40. The van der Waals surface area contributed by atoms with Gasteiger partial charge in [-0.05, 0) is 18.1 Å². The Labute approximate surface area is 111 Å². The van der Waals surface area contributed by atoms with Gasteiger partial charge in [-0.1, -0.05) is 12.1 Å². The van der Waals surface area contributed by atoms with Gasteiger partial charge in [0.1, 0.15) is 6.04 Å². The third-order valence-electron chi connectivity index (χ3n) is 3.19. The number of morpholine rings is 1. The topological polar surface area (TPSA) is 73.1 Å². The highest BCUT2D eigenvalue weighted by Gasteiger charge is 2.22. The molecular formula is C13H16N4O2. The Morgan fingerprint density at radius 3 is 3.21 bits per heavy atom. The van der Waals surface area contributed by atoms with Gasteiger partial charge < -0.3 is 14.6 Å². The molecule has 0 saturated carbocycles. The summed E-state index contributed by atoms with van der Waals surface area (Å²) in [5.74, 6) is 1.19. The SMILES string of the molecule is CCc1cnccc1-c1noc(C2COCCN2)n1. The molecule has 1 atom stereocenters. The maximum Gasteiger partial charge on any atom is 0.246 e. The predicted octanol–water partition coefficient (Wildman–Crippen LogP) is 1.35. The van der Waals surface area contributed by atoms with Crippen LogP contribution in [0.2, 0.25) is 0 Å². The summed E-state index contributed by atoms with van der Waals surface area (Å²) in [5.41, 5.74) is 2.09. The highest BCUT2D eigenvalue weighted by Crippen LogP contribution is 2.22. The number of ether oxygens (including phenoxy) is 1. The zero-order chi connectivity index (χ0) is 13.1. The minimum Gasteiger partial charge on any atom is -0.378 e. The Morgan fingerprint density at radius 2 is 2.42 bits per heavy atom. The molecule has 2 aromatic rings. The quantitative estimate of drug-likeness (QED) is 0.898. The van der Waals surface area contributed by atoms with Crippen molar-refractivity contribution in [1.29, 1.82) is 0 Å². The molecule has 1 N–H and O–H groups in total. The molecule has 6 heteroatoms. The van der Waals surface area contributed by atoms with Gasteiger partial charge in [-0.3, -0.25) is 4.98 Å². The molecule has 2 aromatic heterocycles. The Morgan fingerprint density at radius 1 is 1.47 bits per heavy atom. The van der Waals surface area contributed by atoms with Crippen LogP contribution in [-0.4, -0.2) is 34.9 Å². The van der Waals surface area contributed by atoms with Crippen molar-refractivity contribution in [1.82, 2.24) is 20.4 Å². The second kappa shape index (κ2) is 5.46. The minimum absolute atomic E-state index is 0.0121. The normalized spacial score (nSPS) is 19.5. The number of rotatable bonds is 3. The molecule has 3 heterocycles. The first kappa shape index (κ1) is 12.3. The molecule has 1 unspecified atom stereocenters. The molecule has 1 fully saturated rings. The smallest absolute Gasteiger partial charge is 0.246 e. The molecule has 0 aliphatic carbocycles. The first-order chi connectivity index (χ1) is 9.38. The molecule has 1 saturated heterocycles. The van der Waals surface area contributed by atoms with Gasteiger partial charge in [0.25, 0.3) is 0 Å². The van der Waals surface area contributed by atoms with Gasteiger partial charge >= 0.3 is 0 Å². The Kier molecular flexibility index (Phi) is 3.52. The molecule has 0 radical (unpaired) electrons. The summed E-state index contributed by atoms with van der Waals surface area (Å²) >= 11 is 0. The van der Waals surface area contributed by atoms with Gasteiger partial charge in [-0.2, -0.15) is 4.98 Å². The van der Waals surface area contributed by atoms with Gasteiger partial charge in [-0.25, -0.2) is 0 Å². The van der Waals surface area contributed by atoms with Crippen molar-refractivity contribution in [3.63, 3.8) is 0 Å². The summed E-state index contributed by atoms with van der Waals surface area (Å²) in [5, 5.41) is 7.36. The third kappa shape index (κ3) is 2.50. The Balaban J connectivity index is 1.88. The van der Waals surface area contributed by atoms with Gasteiger partial charge in [0.05, 0.1) is 13.2 Å². The van der Waals surface area contributed by atoms with Crippen LogP contribution in [0.25, 0.3) is 11.4 Å². The summed E-state index contributed by atoms with van der Waals surface area (Å²) in [7, 11) is 0. The predicted molar refractivity (Wildman–Crippen MR) is 68.5 cm³/mol. The van der Waals surface area contributed by atoms with Gasteiger partial charge in [0.2, 0.25) is 11.7 Å². The molecule has 6 nitrogen and oxygen atoms in total. The van der Waals surface area contributed by atoms with E-state index in [1.807, 2.05) is 12.3 Å². The van der Waals surface area contributed by atoms with Crippen LogP contribution in [0.1, 0.15) is 24.4 Å². The van der Waals surface area contributed by atoms with Crippen molar-refractivity contribution in [2.75, 3.05) is 19.8 Å². The van der Waals surface area contributed by atoms with Crippen LogP contribution in [0.3, 0.4) is 0 Å². The fourth-order valence-corrected chi connectivity index (χ4v) is 2.14. The summed E-state index contributed by atoms with van der Waals surface area (Å²) in [6.07, 6.45) is 4.47. The fourth-order valence-electron chi connectivity index (χ4n) is 2.14. The average Bonchev–Trinajstić information content (AvgIpc) is 2.98. The number of nitrogens with zero attached hydrogens (tertiary/aromatic N) is 3. The van der Waals surface area contributed by atoms with Crippen LogP contribution in [0, 0.1) is 0 Å². The lowest BCUT2D eigenvalue weighted by atomic mass is 10.1. The first-order valence-corrected chi connectivity index (χ1v) is 6.46. The van der Waals surface area contributed by atoms with Crippen LogP contribution in [-0.2, 0) is 11.2 Å². The second-order valence-electron chi connectivity index (χ2n) is 4.42. The molecule has 1 aliphatic rings. The van der Waals surface area contributed by atoms with Crippen LogP contribution in [0.15, 0.2) is 23.0 Å². The van der Waals surface area contributed by atoms with E-state index in [2.05, 4.69) is 27.4 Å². The first-order valence-electron chi connectivity index (χ1n) is 6.46. The van der Waals surface area contributed by atoms with E-state index in [-0.39, 0.29) is 6.04 Å². The summed E-state index contributed by atoms with van der Waals surface area (Å²) in [6, 6.07) is 1.90. The zero-order valence-electron chi connectivity index (χ0n) is 10.8. The molecule has 0 spiro atoms. The van der Waals surface area contributed by atoms with Crippen LogP contribution < -0.4 is 5.32 Å². The van der Waals surface area contributed by atoms with Crippen LogP contribution >= 0.6 is 0 Å². The number of aryl methyl sites for hydroxylation is 1. The highest BCUT2D eigenvalue weighted by atomic mass is 16.5. The van der Waals surface area contributed by atoms with E-state index in [1.165, 1.54) is 0 Å². The van der Waals surface area contributed by atoms with Gasteiger partial charge in [-0.15, -0.1) is 0 Å². The molecule has 0 aromatic carbocycles. The number of aromatic nitrogens is 3. The van der Waals surface area contributed by atoms with Crippen molar-refractivity contribution >= 4 is 0 Å². The van der Waals surface area contributed by atoms with E-state index in [1.54, 1.807) is 6.20 Å². The van der Waals surface area contributed by atoms with Crippen molar-refractivity contribution < 1.29 is 9.26 Å². The maximum absolute atomic E-state index is 5.40. The summed E-state index contributed by atoms with van der Waals surface area (Å²) in [6.45, 7) is 4.18. The molecule has 0 bridgehead atoms. The van der Waals surface area contributed by atoms with E-state index in [0.29, 0.717) is 18.3 Å². The Bertz CT molecular complexity index is 549. The number of hydrogen-bond donors (Lipinski definition) is 1. The third-order valence-corrected chi connectivity index (χ3v) is 3.19. The average molecular weight is 260 g/mol. The molecular weight excluding hydrogens is 244 g/mol. The van der Waals surface area contributed by atoms with Crippen LogP contribution in [0.5, 0.6) is 0 Å². The van der Waals surface area contributed by atoms with E-state index >= 15 is 0 Å². The van der Waals surface area contributed by atoms with Gasteiger partial charge in [0.15, 0.2) is 0 Å². The van der Waals surface area contributed by atoms with E-state index in [0.717, 1.165) is 30.7 Å². The molecule has 1 aliphatic heterocycles. The monoisotopic (exact) mass is 260 g/mol. The summed E-state index contributed by atoms with van der Waals surface area (Å²) in [4.78, 5) is 8.58. The Hall–Kier alpha value is -1.79. The number of hydrogen-bond acceptors (Lipinski definition) is 6. The largest absolute Gasteiger partial charge is 0.378 e. The van der Waals surface area contributed by atoms with Gasteiger partial charge in [0, 0.05) is 24.5 Å². The standard InChI is InChI=1S/C13H16N4O2/c1-2-9-7-14-4-3-10(9)12-16-13(19-17-12)11-8-18-6-5-15-11/h3-4,7,11,15H,2,5-6,8H2,1H3. The highest BCUT2D eigenvalue weighted by molar-refractivity contribution is 5.58. The van der Waals surface area contributed by atoms with Crippen molar-refractivity contribution in [3.05, 3.63) is 29.9 Å². The van der Waals surface area contributed by atoms with E-state index in [4.69, 9.17) is 9.26 Å². The fraction of sp³-hybridized carbons (Fsp3) is 0.462. The lowest BCUT2D eigenvalue weighted by Crippen LogP contribution is -2.34. The molecule has 3 rings (SSSR count).